The molecule has 0 spiro atoms. The SMILES string of the molecule is CC(C)(C)[C]1C=C1C(=O)N1CC(F)(F)CC1CCC=O. The van der Waals surface area contributed by atoms with Crippen molar-refractivity contribution < 1.29 is 18.4 Å². The van der Waals surface area contributed by atoms with E-state index in [-0.39, 0.29) is 24.2 Å². The molecule has 0 aromatic heterocycles. The number of carbonyl (C=O) groups excluding carboxylic acids is 2. The number of nitrogens with zero attached hydrogens (tertiary/aromatic N) is 1. The van der Waals surface area contributed by atoms with Crippen LogP contribution in [0.25, 0.3) is 0 Å². The molecular weight excluding hydrogens is 264 g/mol. The molecule has 111 valence electrons. The Morgan fingerprint density at radius 3 is 2.65 bits per heavy atom. The first-order chi connectivity index (χ1) is 9.15. The number of amides is 1. The molecule has 0 saturated carbocycles. The van der Waals surface area contributed by atoms with Gasteiger partial charge in [0.2, 0.25) is 0 Å². The summed E-state index contributed by atoms with van der Waals surface area (Å²) in [7, 11) is 0. The maximum absolute atomic E-state index is 13.5. The molecule has 20 heavy (non-hydrogen) atoms. The molecule has 1 amide bonds. The van der Waals surface area contributed by atoms with E-state index >= 15 is 0 Å². The Morgan fingerprint density at radius 2 is 2.15 bits per heavy atom. The second-order valence-electron chi connectivity index (χ2n) is 6.61. The number of carbonyl (C=O) groups is 2. The smallest absolute Gasteiger partial charge is 0.267 e. The molecule has 1 heterocycles. The highest BCUT2D eigenvalue weighted by Gasteiger charge is 2.50. The zero-order valence-corrected chi connectivity index (χ0v) is 12.1. The van der Waals surface area contributed by atoms with Crippen molar-refractivity contribution in [1.29, 1.82) is 0 Å². The molecule has 5 heteroatoms. The lowest BCUT2D eigenvalue weighted by molar-refractivity contribution is -0.129. The molecule has 3 nitrogen and oxygen atoms in total. The highest BCUT2D eigenvalue weighted by molar-refractivity contribution is 6.04. The van der Waals surface area contributed by atoms with Gasteiger partial charge in [-0.2, -0.15) is 0 Å². The topological polar surface area (TPSA) is 37.4 Å². The fourth-order valence-corrected chi connectivity index (χ4v) is 2.71. The van der Waals surface area contributed by atoms with Crippen molar-refractivity contribution in [2.45, 2.75) is 52.0 Å². The highest BCUT2D eigenvalue weighted by atomic mass is 19.3. The van der Waals surface area contributed by atoms with Crippen LogP contribution in [0, 0.1) is 11.3 Å². The minimum Gasteiger partial charge on any atom is -0.330 e. The lowest BCUT2D eigenvalue weighted by Crippen LogP contribution is -2.37. The Bertz CT molecular complexity index is 451. The van der Waals surface area contributed by atoms with Crippen molar-refractivity contribution in [2.75, 3.05) is 6.54 Å². The summed E-state index contributed by atoms with van der Waals surface area (Å²) in [6, 6.07) is -0.537. The van der Waals surface area contributed by atoms with E-state index in [0.29, 0.717) is 18.3 Å². The number of likely N-dealkylation sites (tertiary alicyclic amines) is 1. The Hall–Kier alpha value is -1.26. The highest BCUT2D eigenvalue weighted by Crippen LogP contribution is 2.48. The van der Waals surface area contributed by atoms with Crippen molar-refractivity contribution in [2.24, 2.45) is 5.41 Å². The number of rotatable bonds is 4. The van der Waals surface area contributed by atoms with E-state index in [1.807, 2.05) is 20.8 Å². The molecule has 1 atom stereocenters. The quantitative estimate of drug-likeness (QED) is 0.744. The van der Waals surface area contributed by atoms with Crippen LogP contribution >= 0.6 is 0 Å². The van der Waals surface area contributed by atoms with Crippen LogP contribution in [0.5, 0.6) is 0 Å². The number of allylic oxidation sites excluding steroid dienone is 1. The normalized spacial score (nSPS) is 25.6. The number of alkyl halides is 2. The van der Waals surface area contributed by atoms with Gasteiger partial charge >= 0.3 is 0 Å². The molecule has 1 radical (unpaired) electrons. The lowest BCUT2D eigenvalue weighted by Gasteiger charge is -2.24. The Kier molecular flexibility index (Phi) is 3.73. The van der Waals surface area contributed by atoms with Crippen LogP contribution in [0.15, 0.2) is 11.6 Å². The molecule has 2 aliphatic rings. The van der Waals surface area contributed by atoms with E-state index < -0.39 is 18.5 Å². The van der Waals surface area contributed by atoms with Gasteiger partial charge < -0.3 is 9.69 Å². The van der Waals surface area contributed by atoms with E-state index in [0.717, 1.165) is 5.92 Å². The fraction of sp³-hybridized carbons (Fsp3) is 0.667. The predicted molar refractivity (Wildman–Crippen MR) is 71.1 cm³/mol. The molecule has 1 fully saturated rings. The van der Waals surface area contributed by atoms with E-state index in [4.69, 9.17) is 0 Å². The van der Waals surface area contributed by atoms with Crippen molar-refractivity contribution >= 4 is 12.2 Å². The van der Waals surface area contributed by atoms with Crippen LogP contribution in [0.4, 0.5) is 8.78 Å². The van der Waals surface area contributed by atoms with Crippen molar-refractivity contribution in [3.8, 4) is 0 Å². The maximum atomic E-state index is 13.5. The number of halogens is 2. The molecule has 0 N–H and O–H groups in total. The maximum Gasteiger partial charge on any atom is 0.267 e. The summed E-state index contributed by atoms with van der Waals surface area (Å²) in [6.45, 7) is 5.43. The molecular formula is C15H20F2NO2. The Labute approximate surface area is 118 Å². The minimum absolute atomic E-state index is 0.133. The van der Waals surface area contributed by atoms with Gasteiger partial charge in [0.05, 0.1) is 6.54 Å². The summed E-state index contributed by atoms with van der Waals surface area (Å²) in [5.41, 5.74) is 0.428. The van der Waals surface area contributed by atoms with Crippen LogP contribution < -0.4 is 0 Å². The van der Waals surface area contributed by atoms with Crippen molar-refractivity contribution in [3.05, 3.63) is 17.6 Å². The largest absolute Gasteiger partial charge is 0.330 e. The van der Waals surface area contributed by atoms with Gasteiger partial charge in [0.25, 0.3) is 11.8 Å². The predicted octanol–water partition coefficient (Wildman–Crippen LogP) is 2.76. The van der Waals surface area contributed by atoms with Crippen LogP contribution in [-0.4, -0.2) is 35.6 Å². The molecule has 2 rings (SSSR count). The Balaban J connectivity index is 2.04. The summed E-state index contributed by atoms with van der Waals surface area (Å²) >= 11 is 0. The third-order valence-electron chi connectivity index (χ3n) is 3.79. The molecule has 1 aliphatic heterocycles. The van der Waals surface area contributed by atoms with Crippen LogP contribution in [0.3, 0.4) is 0 Å². The number of hydrogen-bond acceptors (Lipinski definition) is 2. The fourth-order valence-electron chi connectivity index (χ4n) is 2.71. The zero-order chi connectivity index (χ0) is 15.1. The minimum atomic E-state index is -2.85. The summed E-state index contributed by atoms with van der Waals surface area (Å²) < 4.78 is 27.1. The van der Waals surface area contributed by atoms with E-state index in [9.17, 15) is 18.4 Å². The average Bonchev–Trinajstić information content (AvgIpc) is 3.05. The van der Waals surface area contributed by atoms with Gasteiger partial charge in [0.15, 0.2) is 0 Å². The van der Waals surface area contributed by atoms with E-state index in [2.05, 4.69) is 0 Å². The first-order valence-corrected chi connectivity index (χ1v) is 6.88. The summed E-state index contributed by atoms with van der Waals surface area (Å²) in [5, 5.41) is 0. The van der Waals surface area contributed by atoms with Gasteiger partial charge in [0, 0.05) is 30.4 Å². The Morgan fingerprint density at radius 1 is 1.50 bits per heavy atom. The van der Waals surface area contributed by atoms with Gasteiger partial charge in [-0.05, 0) is 11.8 Å². The molecule has 1 unspecified atom stereocenters. The second kappa shape index (κ2) is 4.93. The molecule has 0 aromatic rings. The molecule has 0 bridgehead atoms. The monoisotopic (exact) mass is 284 g/mol. The van der Waals surface area contributed by atoms with Gasteiger partial charge in [-0.25, -0.2) is 8.78 Å². The standard InChI is InChI=1S/C15H20F2NO2/c1-14(2,3)12-7-11(12)13(20)18-9-15(16,17)8-10(18)5-4-6-19/h6-7,10H,4-5,8-9H2,1-3H3. The van der Waals surface area contributed by atoms with Crippen LogP contribution in [0.1, 0.15) is 40.0 Å². The summed E-state index contributed by atoms with van der Waals surface area (Å²) in [5.74, 6) is -2.23. The molecule has 1 saturated heterocycles. The van der Waals surface area contributed by atoms with E-state index in [1.54, 1.807) is 6.08 Å². The van der Waals surface area contributed by atoms with Crippen LogP contribution in [-0.2, 0) is 9.59 Å². The van der Waals surface area contributed by atoms with Gasteiger partial charge in [-0.15, -0.1) is 0 Å². The average molecular weight is 284 g/mol. The van der Waals surface area contributed by atoms with Crippen LogP contribution in [0.2, 0.25) is 0 Å². The molecule has 0 aromatic carbocycles. The van der Waals surface area contributed by atoms with Crippen molar-refractivity contribution in [1.82, 2.24) is 4.90 Å². The first-order valence-electron chi connectivity index (χ1n) is 6.88. The summed E-state index contributed by atoms with van der Waals surface area (Å²) in [4.78, 5) is 24.0. The first kappa shape index (κ1) is 15.1. The number of aldehydes is 1. The lowest BCUT2D eigenvalue weighted by atomic mass is 9.87. The summed E-state index contributed by atoms with van der Waals surface area (Å²) in [6.07, 6.45) is 2.66. The zero-order valence-electron chi connectivity index (χ0n) is 12.1. The number of hydrogen-bond donors (Lipinski definition) is 0. The second-order valence-corrected chi connectivity index (χ2v) is 6.61. The van der Waals surface area contributed by atoms with E-state index in [1.165, 1.54) is 4.90 Å². The van der Waals surface area contributed by atoms with Gasteiger partial charge in [0.1, 0.15) is 6.29 Å². The molecule has 1 aliphatic carbocycles. The van der Waals surface area contributed by atoms with Crippen molar-refractivity contribution in [3.63, 3.8) is 0 Å². The third kappa shape index (κ3) is 3.07. The third-order valence-corrected chi connectivity index (χ3v) is 3.79. The van der Waals surface area contributed by atoms with Gasteiger partial charge in [-0.1, -0.05) is 26.8 Å². The van der Waals surface area contributed by atoms with Gasteiger partial charge in [-0.3, -0.25) is 4.79 Å².